The maximum Gasteiger partial charge on any atom is 0.348 e. The van der Waals surface area contributed by atoms with Crippen LogP contribution >= 0.6 is 27.3 Å². The molecule has 2 unspecified atom stereocenters. The summed E-state index contributed by atoms with van der Waals surface area (Å²) >= 11 is 5.35. The summed E-state index contributed by atoms with van der Waals surface area (Å²) in [5.41, 5.74) is 3.71. The standard InChI is InChI=1S/C26H33BrO3S/c1-3-4-5-9-23(28)18-10-12-20(13-11-18)25-19(14-16-22(25)27)7-6-8-21-15-17-24(31-21)26(29)30-2/h10-13,15,17,19,23,28H,3-9,14,16H2,1-2H3. The lowest BCUT2D eigenvalue weighted by Crippen LogP contribution is -2.02. The molecule has 1 aliphatic carbocycles. The first kappa shape index (κ1) is 24.2. The Bertz CT molecular complexity index is 884. The van der Waals surface area contributed by atoms with Crippen LogP contribution in [-0.4, -0.2) is 18.2 Å². The van der Waals surface area contributed by atoms with Gasteiger partial charge >= 0.3 is 5.97 Å². The monoisotopic (exact) mass is 504 g/mol. The summed E-state index contributed by atoms with van der Waals surface area (Å²) in [4.78, 5) is 13.6. The molecular formula is C26H33BrO3S. The molecule has 2 atom stereocenters. The number of carbonyl (C=O) groups is 1. The molecule has 0 amide bonds. The maximum absolute atomic E-state index is 11.6. The van der Waals surface area contributed by atoms with Crippen molar-refractivity contribution >= 4 is 38.8 Å². The molecule has 1 N–H and O–H groups in total. The number of benzene rings is 1. The third kappa shape index (κ3) is 6.53. The van der Waals surface area contributed by atoms with Gasteiger partial charge < -0.3 is 9.84 Å². The minimum Gasteiger partial charge on any atom is -0.465 e. The van der Waals surface area contributed by atoms with Gasteiger partial charge in [0.1, 0.15) is 4.88 Å². The molecule has 31 heavy (non-hydrogen) atoms. The van der Waals surface area contributed by atoms with E-state index in [0.717, 1.165) is 44.1 Å². The minimum absolute atomic E-state index is 0.250. The smallest absolute Gasteiger partial charge is 0.348 e. The first-order valence-electron chi connectivity index (χ1n) is 11.4. The highest BCUT2D eigenvalue weighted by Gasteiger charge is 2.25. The average Bonchev–Trinajstić information content (AvgIpc) is 3.40. The van der Waals surface area contributed by atoms with Crippen molar-refractivity contribution in [2.75, 3.05) is 7.11 Å². The van der Waals surface area contributed by atoms with E-state index >= 15 is 0 Å². The first-order valence-corrected chi connectivity index (χ1v) is 13.0. The molecule has 0 radical (unpaired) electrons. The zero-order chi connectivity index (χ0) is 22.2. The second kappa shape index (κ2) is 12.0. The van der Waals surface area contributed by atoms with E-state index in [-0.39, 0.29) is 12.1 Å². The third-order valence-electron chi connectivity index (χ3n) is 6.12. The molecule has 3 nitrogen and oxygen atoms in total. The van der Waals surface area contributed by atoms with Gasteiger partial charge in [-0.25, -0.2) is 4.79 Å². The van der Waals surface area contributed by atoms with Crippen LogP contribution in [-0.2, 0) is 11.2 Å². The predicted molar refractivity (Wildman–Crippen MR) is 133 cm³/mol. The quantitative estimate of drug-likeness (QED) is 0.252. The molecule has 1 aromatic carbocycles. The van der Waals surface area contributed by atoms with Crippen LogP contribution in [0.1, 0.15) is 90.1 Å². The largest absolute Gasteiger partial charge is 0.465 e. The van der Waals surface area contributed by atoms with Gasteiger partial charge in [0.25, 0.3) is 0 Å². The van der Waals surface area contributed by atoms with Crippen molar-refractivity contribution in [3.05, 3.63) is 61.8 Å². The molecular weight excluding hydrogens is 472 g/mol. The van der Waals surface area contributed by atoms with Gasteiger partial charge in [-0.05, 0) is 77.8 Å². The number of aliphatic hydroxyl groups excluding tert-OH is 1. The summed E-state index contributed by atoms with van der Waals surface area (Å²) in [5, 5.41) is 10.4. The number of methoxy groups -OCH3 is 1. The summed E-state index contributed by atoms with van der Waals surface area (Å²) in [5.74, 6) is 0.301. The molecule has 5 heteroatoms. The predicted octanol–water partition coefficient (Wildman–Crippen LogP) is 7.69. The summed E-state index contributed by atoms with van der Waals surface area (Å²) in [6.07, 6.45) is 9.39. The highest BCUT2D eigenvalue weighted by atomic mass is 79.9. The molecule has 0 aliphatic heterocycles. The molecule has 1 aromatic heterocycles. The number of aryl methyl sites for hydroxylation is 1. The summed E-state index contributed by atoms with van der Waals surface area (Å²) in [7, 11) is 1.42. The number of halogens is 1. The lowest BCUT2D eigenvalue weighted by atomic mass is 9.89. The fourth-order valence-electron chi connectivity index (χ4n) is 4.37. The van der Waals surface area contributed by atoms with E-state index in [1.807, 2.05) is 12.1 Å². The number of allylic oxidation sites excluding steroid dienone is 2. The number of unbranched alkanes of at least 4 members (excludes halogenated alkanes) is 2. The second-order valence-corrected chi connectivity index (χ2v) is 10.5. The van der Waals surface area contributed by atoms with Gasteiger partial charge in [0.2, 0.25) is 0 Å². The molecule has 2 aromatic rings. The van der Waals surface area contributed by atoms with Gasteiger partial charge in [-0.15, -0.1) is 11.3 Å². The minimum atomic E-state index is -0.363. The van der Waals surface area contributed by atoms with E-state index in [1.165, 1.54) is 58.2 Å². The number of hydrogen-bond donors (Lipinski definition) is 1. The maximum atomic E-state index is 11.6. The Hall–Kier alpha value is -1.43. The molecule has 168 valence electrons. The van der Waals surface area contributed by atoms with Crippen LogP contribution in [0.15, 0.2) is 40.9 Å². The van der Waals surface area contributed by atoms with Gasteiger partial charge in [0.15, 0.2) is 0 Å². The molecule has 0 saturated heterocycles. The summed E-state index contributed by atoms with van der Waals surface area (Å²) in [6.45, 7) is 2.19. The normalized spacial score (nSPS) is 17.2. The molecule has 1 heterocycles. The van der Waals surface area contributed by atoms with E-state index < -0.39 is 0 Å². The van der Waals surface area contributed by atoms with E-state index in [0.29, 0.717) is 10.8 Å². The molecule has 0 bridgehead atoms. The number of aliphatic hydroxyl groups is 1. The fraction of sp³-hybridized carbons (Fsp3) is 0.500. The van der Waals surface area contributed by atoms with E-state index in [2.05, 4.69) is 47.1 Å². The second-order valence-electron chi connectivity index (χ2n) is 8.34. The van der Waals surface area contributed by atoms with E-state index in [9.17, 15) is 9.90 Å². The fourth-order valence-corrected chi connectivity index (χ4v) is 6.12. The van der Waals surface area contributed by atoms with Crippen LogP contribution < -0.4 is 0 Å². The number of thiophene rings is 1. The van der Waals surface area contributed by atoms with Gasteiger partial charge in [0.05, 0.1) is 13.2 Å². The highest BCUT2D eigenvalue weighted by molar-refractivity contribution is 9.11. The van der Waals surface area contributed by atoms with Crippen LogP contribution in [0.5, 0.6) is 0 Å². The van der Waals surface area contributed by atoms with Crippen molar-refractivity contribution in [3.8, 4) is 0 Å². The van der Waals surface area contributed by atoms with Crippen LogP contribution in [0.25, 0.3) is 5.57 Å². The molecule has 0 saturated carbocycles. The van der Waals surface area contributed by atoms with Crippen molar-refractivity contribution < 1.29 is 14.6 Å². The van der Waals surface area contributed by atoms with Crippen LogP contribution in [0.2, 0.25) is 0 Å². The van der Waals surface area contributed by atoms with Crippen LogP contribution in [0, 0.1) is 5.92 Å². The van der Waals surface area contributed by atoms with Crippen molar-refractivity contribution in [1.82, 2.24) is 0 Å². The number of esters is 1. The Labute approximate surface area is 198 Å². The summed E-state index contributed by atoms with van der Waals surface area (Å²) in [6, 6.07) is 12.4. The van der Waals surface area contributed by atoms with Crippen molar-refractivity contribution in [2.45, 2.75) is 70.8 Å². The van der Waals surface area contributed by atoms with Crippen molar-refractivity contribution in [2.24, 2.45) is 5.92 Å². The SMILES string of the molecule is CCCCCC(O)c1ccc(C2=C(Br)CCC2CCCc2ccc(C(=O)OC)s2)cc1. The molecule has 3 rings (SSSR count). The Balaban J connectivity index is 1.57. The van der Waals surface area contributed by atoms with Crippen molar-refractivity contribution in [1.29, 1.82) is 0 Å². The van der Waals surface area contributed by atoms with Gasteiger partial charge in [-0.2, -0.15) is 0 Å². The topological polar surface area (TPSA) is 46.5 Å². The van der Waals surface area contributed by atoms with Gasteiger partial charge in [-0.1, -0.05) is 66.4 Å². The number of rotatable bonds is 11. The van der Waals surface area contributed by atoms with Crippen LogP contribution in [0.4, 0.5) is 0 Å². The molecule has 0 fully saturated rings. The first-order chi connectivity index (χ1) is 15.0. The summed E-state index contributed by atoms with van der Waals surface area (Å²) < 4.78 is 6.12. The molecule has 1 aliphatic rings. The Morgan fingerprint density at radius 1 is 1.19 bits per heavy atom. The highest BCUT2D eigenvalue weighted by Crippen LogP contribution is 2.44. The zero-order valence-electron chi connectivity index (χ0n) is 18.5. The lowest BCUT2D eigenvalue weighted by molar-refractivity contribution is 0.0606. The Morgan fingerprint density at radius 2 is 1.97 bits per heavy atom. The Morgan fingerprint density at radius 3 is 2.68 bits per heavy atom. The zero-order valence-corrected chi connectivity index (χ0v) is 20.9. The Kier molecular flexibility index (Phi) is 9.36. The number of ether oxygens (including phenoxy) is 1. The molecule has 0 spiro atoms. The van der Waals surface area contributed by atoms with Crippen molar-refractivity contribution in [3.63, 3.8) is 0 Å². The van der Waals surface area contributed by atoms with Crippen LogP contribution in [0.3, 0.4) is 0 Å². The van der Waals surface area contributed by atoms with E-state index in [1.54, 1.807) is 0 Å². The number of carbonyl (C=O) groups excluding carboxylic acids is 1. The third-order valence-corrected chi connectivity index (χ3v) is 8.07. The van der Waals surface area contributed by atoms with Gasteiger partial charge in [0, 0.05) is 4.88 Å². The lowest BCUT2D eigenvalue weighted by Gasteiger charge is -2.17. The van der Waals surface area contributed by atoms with Gasteiger partial charge in [-0.3, -0.25) is 0 Å². The van der Waals surface area contributed by atoms with E-state index in [4.69, 9.17) is 4.74 Å². The number of hydrogen-bond acceptors (Lipinski definition) is 4. The average molecular weight is 506 g/mol.